The molecular weight excluding hydrogens is 338 g/mol. The first kappa shape index (κ1) is 16.5. The third-order valence-electron chi connectivity index (χ3n) is 6.23. The van der Waals surface area contributed by atoms with E-state index in [9.17, 15) is 4.79 Å². The normalized spacial score (nSPS) is 25.5. The van der Waals surface area contributed by atoms with Gasteiger partial charge in [-0.05, 0) is 55.4 Å². The molecule has 5 rings (SSSR count). The molecule has 0 unspecified atom stereocenters. The number of fused-ring (bicyclic) bond motifs is 1. The molecule has 2 saturated carbocycles. The van der Waals surface area contributed by atoms with Crippen molar-refractivity contribution in [3.8, 4) is 6.07 Å². The number of hydrogen-bond acceptors (Lipinski definition) is 4. The van der Waals surface area contributed by atoms with Gasteiger partial charge in [-0.3, -0.25) is 14.6 Å². The first-order chi connectivity index (χ1) is 13.3. The summed E-state index contributed by atoms with van der Waals surface area (Å²) in [5.41, 5.74) is 3.36. The van der Waals surface area contributed by atoms with Gasteiger partial charge in [-0.25, -0.2) is 4.98 Å². The summed E-state index contributed by atoms with van der Waals surface area (Å²) in [6.45, 7) is 1.96. The van der Waals surface area contributed by atoms with Crippen LogP contribution in [0.5, 0.6) is 0 Å². The molecular formula is C21H23N5O. The highest BCUT2D eigenvalue weighted by atomic mass is 16.1. The molecule has 0 bridgehead atoms. The van der Waals surface area contributed by atoms with E-state index in [1.54, 1.807) is 4.90 Å². The third-order valence-corrected chi connectivity index (χ3v) is 6.23. The fourth-order valence-corrected chi connectivity index (χ4v) is 4.35. The van der Waals surface area contributed by atoms with Crippen molar-refractivity contribution in [2.24, 2.45) is 5.92 Å². The van der Waals surface area contributed by atoms with Crippen LogP contribution < -0.4 is 4.90 Å². The van der Waals surface area contributed by atoms with Gasteiger partial charge in [0.25, 0.3) is 0 Å². The number of rotatable bonds is 5. The number of nitrogens with one attached hydrogen (secondary N) is 1. The van der Waals surface area contributed by atoms with Crippen LogP contribution in [0.15, 0.2) is 24.4 Å². The highest BCUT2D eigenvalue weighted by molar-refractivity contribution is 5.93. The number of nitriles is 1. The Morgan fingerprint density at radius 1 is 1.37 bits per heavy atom. The Morgan fingerprint density at radius 3 is 2.89 bits per heavy atom. The fraction of sp³-hybridized carbons (Fsp3) is 0.476. The highest BCUT2D eigenvalue weighted by Gasteiger charge is 2.34. The van der Waals surface area contributed by atoms with Crippen LogP contribution in [0, 0.1) is 17.2 Å². The molecule has 0 atom stereocenters. The van der Waals surface area contributed by atoms with E-state index in [1.165, 1.54) is 11.1 Å². The van der Waals surface area contributed by atoms with Gasteiger partial charge in [-0.1, -0.05) is 6.08 Å². The summed E-state index contributed by atoms with van der Waals surface area (Å²) < 4.78 is 0. The van der Waals surface area contributed by atoms with Crippen LogP contribution in [0.2, 0.25) is 0 Å². The Labute approximate surface area is 158 Å². The van der Waals surface area contributed by atoms with Gasteiger partial charge >= 0.3 is 0 Å². The van der Waals surface area contributed by atoms with E-state index in [2.05, 4.69) is 39.1 Å². The predicted molar refractivity (Wildman–Crippen MR) is 104 cm³/mol. The standard InChI is InChI=1S/C21H23N5O/c22-12-14-9-17(10-14)25-7-4-15(5-8-25)19-11-20(26(13-27)16-1-2-16)24-21-18(19)3-6-23-21/h3-4,6,11,13-14,16-17H,1-2,5,7-10H2,(H,23,24). The van der Waals surface area contributed by atoms with Gasteiger partial charge in [-0.15, -0.1) is 0 Å². The molecule has 2 aliphatic carbocycles. The number of aromatic amines is 1. The topological polar surface area (TPSA) is 76.0 Å². The van der Waals surface area contributed by atoms with Crippen LogP contribution in [0.3, 0.4) is 0 Å². The largest absolute Gasteiger partial charge is 0.346 e. The Kier molecular flexibility index (Phi) is 3.98. The predicted octanol–water partition coefficient (Wildman–Crippen LogP) is 3.08. The van der Waals surface area contributed by atoms with Crippen molar-refractivity contribution in [3.05, 3.63) is 30.0 Å². The smallest absolute Gasteiger partial charge is 0.215 e. The molecule has 6 heteroatoms. The van der Waals surface area contributed by atoms with Gasteiger partial charge in [-0.2, -0.15) is 5.26 Å². The van der Waals surface area contributed by atoms with E-state index in [-0.39, 0.29) is 5.92 Å². The maximum Gasteiger partial charge on any atom is 0.215 e. The van der Waals surface area contributed by atoms with Crippen LogP contribution in [0.4, 0.5) is 5.82 Å². The van der Waals surface area contributed by atoms with Gasteiger partial charge in [0.2, 0.25) is 6.41 Å². The molecule has 0 spiro atoms. The second-order valence-corrected chi connectivity index (χ2v) is 7.94. The lowest BCUT2D eigenvalue weighted by Gasteiger charge is -2.41. The van der Waals surface area contributed by atoms with Crippen LogP contribution in [-0.4, -0.2) is 46.5 Å². The molecule has 1 N–H and O–H groups in total. The highest BCUT2D eigenvalue weighted by Crippen LogP contribution is 2.37. The second-order valence-electron chi connectivity index (χ2n) is 7.94. The average Bonchev–Trinajstić information content (AvgIpc) is 3.37. The van der Waals surface area contributed by atoms with Crippen molar-refractivity contribution in [1.29, 1.82) is 5.26 Å². The monoisotopic (exact) mass is 361 g/mol. The quantitative estimate of drug-likeness (QED) is 0.831. The summed E-state index contributed by atoms with van der Waals surface area (Å²) in [7, 11) is 0. The molecule has 3 heterocycles. The Balaban J connectivity index is 1.43. The third kappa shape index (κ3) is 2.92. The first-order valence-electron chi connectivity index (χ1n) is 9.81. The van der Waals surface area contributed by atoms with Gasteiger partial charge in [0.1, 0.15) is 11.5 Å². The summed E-state index contributed by atoms with van der Waals surface area (Å²) in [5.74, 6) is 0.996. The number of aromatic nitrogens is 2. The van der Waals surface area contributed by atoms with Crippen LogP contribution in [0.1, 0.15) is 37.7 Å². The zero-order valence-corrected chi connectivity index (χ0v) is 15.3. The number of amides is 1. The number of carbonyl (C=O) groups excluding carboxylic acids is 1. The molecule has 1 amide bonds. The van der Waals surface area contributed by atoms with Gasteiger partial charge in [0.05, 0.1) is 6.07 Å². The molecule has 3 aliphatic rings. The lowest BCUT2D eigenvalue weighted by atomic mass is 9.79. The van der Waals surface area contributed by atoms with Crippen molar-refractivity contribution in [3.63, 3.8) is 0 Å². The molecule has 0 aromatic carbocycles. The minimum atomic E-state index is 0.249. The van der Waals surface area contributed by atoms with Crippen molar-refractivity contribution < 1.29 is 4.79 Å². The van der Waals surface area contributed by atoms with Crippen LogP contribution in [-0.2, 0) is 4.79 Å². The molecule has 0 saturated heterocycles. The van der Waals surface area contributed by atoms with E-state index in [1.807, 2.05) is 6.20 Å². The summed E-state index contributed by atoms with van der Waals surface area (Å²) in [6, 6.07) is 7.39. The number of H-pyrrole nitrogens is 1. The van der Waals surface area contributed by atoms with Crippen molar-refractivity contribution >= 4 is 28.8 Å². The number of hydrogen-bond donors (Lipinski definition) is 1. The van der Waals surface area contributed by atoms with Crippen molar-refractivity contribution in [2.75, 3.05) is 18.0 Å². The molecule has 2 fully saturated rings. The summed E-state index contributed by atoms with van der Waals surface area (Å²) in [6.07, 6.45) is 10.3. The number of pyridine rings is 1. The van der Waals surface area contributed by atoms with E-state index < -0.39 is 0 Å². The Morgan fingerprint density at radius 2 is 2.22 bits per heavy atom. The number of nitrogens with zero attached hydrogens (tertiary/aromatic N) is 4. The van der Waals surface area contributed by atoms with Crippen LogP contribution in [0.25, 0.3) is 16.6 Å². The zero-order chi connectivity index (χ0) is 18.4. The van der Waals surface area contributed by atoms with Gasteiger partial charge < -0.3 is 4.98 Å². The van der Waals surface area contributed by atoms with Crippen molar-refractivity contribution in [2.45, 2.75) is 44.2 Å². The maximum atomic E-state index is 11.6. The Bertz CT molecular complexity index is 945. The van der Waals surface area contributed by atoms with E-state index in [0.717, 1.165) is 68.5 Å². The molecule has 138 valence electrons. The minimum Gasteiger partial charge on any atom is -0.346 e. The van der Waals surface area contributed by atoms with Gasteiger partial charge in [0, 0.05) is 42.7 Å². The first-order valence-corrected chi connectivity index (χ1v) is 9.81. The van der Waals surface area contributed by atoms with Crippen molar-refractivity contribution in [1.82, 2.24) is 14.9 Å². The number of carbonyl (C=O) groups is 1. The van der Waals surface area contributed by atoms with E-state index in [4.69, 9.17) is 5.26 Å². The lowest BCUT2D eigenvalue weighted by molar-refractivity contribution is -0.107. The average molecular weight is 361 g/mol. The molecule has 0 radical (unpaired) electrons. The summed E-state index contributed by atoms with van der Waals surface area (Å²) >= 11 is 0. The SMILES string of the molecule is N#CC1CC(N2CC=C(c3cc(N(C=O)C4CC4)nc4[nH]ccc34)CC2)C1. The Hall–Kier alpha value is -2.65. The van der Waals surface area contributed by atoms with E-state index in [0.29, 0.717) is 12.1 Å². The van der Waals surface area contributed by atoms with E-state index >= 15 is 0 Å². The molecule has 6 nitrogen and oxygen atoms in total. The second kappa shape index (κ2) is 6.50. The molecule has 27 heavy (non-hydrogen) atoms. The number of anilines is 1. The summed E-state index contributed by atoms with van der Waals surface area (Å²) in [5, 5.41) is 10.1. The molecule has 2 aromatic rings. The lowest BCUT2D eigenvalue weighted by Crippen LogP contribution is -2.46. The van der Waals surface area contributed by atoms with Crippen LogP contribution >= 0.6 is 0 Å². The summed E-state index contributed by atoms with van der Waals surface area (Å²) in [4.78, 5) is 23.7. The molecule has 2 aromatic heterocycles. The fourth-order valence-electron chi connectivity index (χ4n) is 4.35. The maximum absolute atomic E-state index is 11.6. The minimum absolute atomic E-state index is 0.249. The molecule has 1 aliphatic heterocycles. The van der Waals surface area contributed by atoms with Gasteiger partial charge in [0.15, 0.2) is 0 Å². The zero-order valence-electron chi connectivity index (χ0n) is 15.3.